The smallest absolute Gasteiger partial charge is 0.268 e. The monoisotopic (exact) mass is 441 g/mol. The van der Waals surface area contributed by atoms with Crippen LogP contribution >= 0.6 is 0 Å². The SMILES string of the molecule is CNCc1ccc(-c2nnc(-c3nc(-c4ccc(=O)n(C(C)C)c4)cnc3C)o2)c(C#N)c1. The van der Waals surface area contributed by atoms with E-state index in [1.165, 1.54) is 6.07 Å². The van der Waals surface area contributed by atoms with Gasteiger partial charge in [-0.15, -0.1) is 10.2 Å². The first kappa shape index (κ1) is 22.0. The highest BCUT2D eigenvalue weighted by atomic mass is 16.4. The molecule has 9 heteroatoms. The average Bonchev–Trinajstić information content (AvgIpc) is 3.29. The van der Waals surface area contributed by atoms with Crippen LogP contribution in [0.15, 0.2) is 51.9 Å². The van der Waals surface area contributed by atoms with Crippen LogP contribution in [0.3, 0.4) is 0 Å². The molecule has 0 unspecified atom stereocenters. The van der Waals surface area contributed by atoms with Gasteiger partial charge in [-0.25, -0.2) is 4.98 Å². The van der Waals surface area contributed by atoms with E-state index < -0.39 is 0 Å². The Bertz CT molecular complexity index is 1410. The molecule has 33 heavy (non-hydrogen) atoms. The van der Waals surface area contributed by atoms with Crippen LogP contribution in [0, 0.1) is 18.3 Å². The molecule has 1 aromatic carbocycles. The van der Waals surface area contributed by atoms with E-state index in [0.29, 0.717) is 34.8 Å². The summed E-state index contributed by atoms with van der Waals surface area (Å²) in [5.74, 6) is 0.440. The van der Waals surface area contributed by atoms with Crippen molar-refractivity contribution >= 4 is 0 Å². The van der Waals surface area contributed by atoms with Gasteiger partial charge in [0.25, 0.3) is 11.4 Å². The fourth-order valence-corrected chi connectivity index (χ4v) is 3.46. The number of benzene rings is 1. The predicted octanol–water partition coefficient (Wildman–Crippen LogP) is 3.50. The van der Waals surface area contributed by atoms with Crippen LogP contribution in [0.1, 0.15) is 36.7 Å². The normalized spacial score (nSPS) is 11.0. The van der Waals surface area contributed by atoms with Crippen molar-refractivity contribution in [2.75, 3.05) is 7.05 Å². The quantitative estimate of drug-likeness (QED) is 0.482. The van der Waals surface area contributed by atoms with Gasteiger partial charge in [-0.3, -0.25) is 9.78 Å². The number of hydrogen-bond donors (Lipinski definition) is 1. The lowest BCUT2D eigenvalue weighted by molar-refractivity contribution is 0.578. The Morgan fingerprint density at radius 2 is 1.97 bits per heavy atom. The molecule has 166 valence electrons. The third-order valence-electron chi connectivity index (χ3n) is 5.19. The Morgan fingerprint density at radius 3 is 2.70 bits per heavy atom. The van der Waals surface area contributed by atoms with Gasteiger partial charge in [0, 0.05) is 30.4 Å². The second-order valence-electron chi connectivity index (χ2n) is 7.88. The number of rotatable bonds is 6. The third kappa shape index (κ3) is 4.42. The maximum Gasteiger partial charge on any atom is 0.268 e. The summed E-state index contributed by atoms with van der Waals surface area (Å²) >= 11 is 0. The molecule has 0 aliphatic rings. The van der Waals surface area contributed by atoms with E-state index in [4.69, 9.17) is 4.42 Å². The summed E-state index contributed by atoms with van der Waals surface area (Å²) in [5.41, 5.74) is 4.31. The van der Waals surface area contributed by atoms with E-state index >= 15 is 0 Å². The molecule has 1 N–H and O–H groups in total. The van der Waals surface area contributed by atoms with Crippen molar-refractivity contribution in [3.8, 4) is 40.4 Å². The maximum absolute atomic E-state index is 12.1. The van der Waals surface area contributed by atoms with Gasteiger partial charge < -0.3 is 14.3 Å². The number of hydrogen-bond acceptors (Lipinski definition) is 8. The van der Waals surface area contributed by atoms with E-state index in [2.05, 4.69) is 31.6 Å². The highest BCUT2D eigenvalue weighted by Crippen LogP contribution is 2.28. The van der Waals surface area contributed by atoms with Crippen LogP contribution in [0.5, 0.6) is 0 Å². The zero-order chi connectivity index (χ0) is 23.5. The molecule has 0 aliphatic heterocycles. The standard InChI is InChI=1S/C24H23N7O2/c1-14(2)31-13-17(6-8-21(31)32)20-12-27-15(3)22(28-20)24-30-29-23(33-24)19-7-5-16(11-26-4)9-18(19)10-25/h5-9,12-14,26H,11H2,1-4H3. The van der Waals surface area contributed by atoms with Crippen LogP contribution in [-0.4, -0.2) is 31.8 Å². The molecule has 3 aromatic heterocycles. The van der Waals surface area contributed by atoms with E-state index in [0.717, 1.165) is 11.1 Å². The minimum absolute atomic E-state index is 0.0163. The third-order valence-corrected chi connectivity index (χ3v) is 5.19. The fraction of sp³-hybridized carbons (Fsp3) is 0.250. The van der Waals surface area contributed by atoms with Crippen molar-refractivity contribution in [3.63, 3.8) is 0 Å². The van der Waals surface area contributed by atoms with Crippen LogP contribution in [-0.2, 0) is 6.54 Å². The van der Waals surface area contributed by atoms with E-state index in [-0.39, 0.29) is 23.4 Å². The van der Waals surface area contributed by atoms with Crippen molar-refractivity contribution in [3.05, 3.63) is 69.9 Å². The zero-order valence-corrected chi connectivity index (χ0v) is 18.8. The molecule has 0 saturated heterocycles. The summed E-state index contributed by atoms with van der Waals surface area (Å²) in [7, 11) is 1.85. The van der Waals surface area contributed by atoms with E-state index in [9.17, 15) is 10.1 Å². The van der Waals surface area contributed by atoms with Crippen LogP contribution < -0.4 is 10.9 Å². The molecular formula is C24H23N7O2. The van der Waals surface area contributed by atoms with Crippen molar-refractivity contribution < 1.29 is 4.42 Å². The first-order valence-electron chi connectivity index (χ1n) is 10.5. The molecule has 0 fully saturated rings. The first-order chi connectivity index (χ1) is 15.9. The summed E-state index contributed by atoms with van der Waals surface area (Å²) in [6, 6.07) is 10.9. The van der Waals surface area contributed by atoms with Gasteiger partial charge in [0.2, 0.25) is 5.89 Å². The van der Waals surface area contributed by atoms with E-state index in [1.54, 1.807) is 42.1 Å². The number of nitrogens with zero attached hydrogens (tertiary/aromatic N) is 6. The molecule has 9 nitrogen and oxygen atoms in total. The Morgan fingerprint density at radius 1 is 1.18 bits per heavy atom. The Balaban J connectivity index is 1.73. The van der Waals surface area contributed by atoms with E-state index in [1.807, 2.05) is 27.0 Å². The second-order valence-corrected chi connectivity index (χ2v) is 7.88. The molecule has 0 saturated carbocycles. The predicted molar refractivity (Wildman–Crippen MR) is 123 cm³/mol. The van der Waals surface area contributed by atoms with Crippen molar-refractivity contribution in [2.24, 2.45) is 0 Å². The lowest BCUT2D eigenvalue weighted by Crippen LogP contribution is -2.20. The lowest BCUT2D eigenvalue weighted by atomic mass is 10.0. The zero-order valence-electron chi connectivity index (χ0n) is 18.8. The molecule has 0 radical (unpaired) electrons. The highest BCUT2D eigenvalue weighted by molar-refractivity contribution is 5.66. The van der Waals surface area contributed by atoms with Crippen LogP contribution in [0.2, 0.25) is 0 Å². The summed E-state index contributed by atoms with van der Waals surface area (Å²) in [6.07, 6.45) is 3.41. The van der Waals surface area contributed by atoms with Gasteiger partial charge in [-0.1, -0.05) is 6.07 Å². The number of nitrogens with one attached hydrogen (secondary N) is 1. The van der Waals surface area contributed by atoms with Crippen molar-refractivity contribution in [2.45, 2.75) is 33.4 Å². The minimum Gasteiger partial charge on any atom is -0.414 e. The lowest BCUT2D eigenvalue weighted by Gasteiger charge is -2.11. The Kier molecular flexibility index (Phi) is 6.11. The second kappa shape index (κ2) is 9.14. The molecule has 0 aliphatic carbocycles. The van der Waals surface area contributed by atoms with Gasteiger partial charge in [-0.05, 0) is 51.6 Å². The minimum atomic E-state index is -0.0791. The molecule has 3 heterocycles. The van der Waals surface area contributed by atoms with Crippen LogP contribution in [0.4, 0.5) is 0 Å². The molecule has 0 amide bonds. The molecule has 0 bridgehead atoms. The van der Waals surface area contributed by atoms with Crippen molar-refractivity contribution in [1.82, 2.24) is 30.0 Å². The van der Waals surface area contributed by atoms with Crippen molar-refractivity contribution in [1.29, 1.82) is 5.26 Å². The number of aryl methyl sites for hydroxylation is 1. The molecular weight excluding hydrogens is 418 g/mol. The van der Waals surface area contributed by atoms with Gasteiger partial charge in [0.05, 0.1) is 34.8 Å². The molecule has 4 rings (SSSR count). The Hall–Kier alpha value is -4.16. The summed E-state index contributed by atoms with van der Waals surface area (Å²) < 4.78 is 7.55. The maximum atomic E-state index is 12.1. The average molecular weight is 441 g/mol. The number of aromatic nitrogens is 5. The van der Waals surface area contributed by atoms with Gasteiger partial charge in [-0.2, -0.15) is 5.26 Å². The first-order valence-corrected chi connectivity index (χ1v) is 10.5. The molecule has 4 aromatic rings. The van der Waals surface area contributed by atoms with Gasteiger partial charge in [0.1, 0.15) is 5.69 Å². The molecule has 0 atom stereocenters. The fourth-order valence-electron chi connectivity index (χ4n) is 3.46. The molecule has 0 spiro atoms. The van der Waals surface area contributed by atoms with Gasteiger partial charge in [0.15, 0.2) is 0 Å². The summed E-state index contributed by atoms with van der Waals surface area (Å²) in [6.45, 7) is 6.34. The highest BCUT2D eigenvalue weighted by Gasteiger charge is 2.18. The number of nitriles is 1. The Labute approximate surface area is 190 Å². The number of pyridine rings is 1. The summed E-state index contributed by atoms with van der Waals surface area (Å²) in [4.78, 5) is 21.2. The topological polar surface area (TPSA) is 123 Å². The van der Waals surface area contributed by atoms with Gasteiger partial charge >= 0.3 is 0 Å². The van der Waals surface area contributed by atoms with Crippen LogP contribution in [0.25, 0.3) is 34.3 Å². The summed E-state index contributed by atoms with van der Waals surface area (Å²) in [5, 5.41) is 20.9. The largest absolute Gasteiger partial charge is 0.414 e.